The average molecular weight is 238 g/mol. The summed E-state index contributed by atoms with van der Waals surface area (Å²) in [5, 5.41) is 0. The van der Waals surface area contributed by atoms with Crippen molar-refractivity contribution in [3.8, 4) is 5.75 Å². The molecule has 1 aromatic carbocycles. The van der Waals surface area contributed by atoms with Crippen molar-refractivity contribution in [1.29, 1.82) is 0 Å². The highest BCUT2D eigenvalue weighted by Crippen LogP contribution is 2.42. The highest BCUT2D eigenvalue weighted by molar-refractivity contribution is 7.99. The molecule has 1 aliphatic heterocycles. The van der Waals surface area contributed by atoms with Gasteiger partial charge in [-0.15, -0.1) is 11.8 Å². The first kappa shape index (κ1) is 11.6. The largest absolute Gasteiger partial charge is 0.495 e. The van der Waals surface area contributed by atoms with Gasteiger partial charge in [-0.25, -0.2) is 0 Å². The Hall–Kier alpha value is -0.870. The second kappa shape index (κ2) is 4.97. The lowest BCUT2D eigenvalue weighted by atomic mass is 10.2. The van der Waals surface area contributed by atoms with Crippen LogP contribution in [0.3, 0.4) is 0 Å². The summed E-state index contributed by atoms with van der Waals surface area (Å²) in [6, 6.07) is 6.57. The molecule has 0 saturated carbocycles. The molecule has 2 rings (SSSR count). The van der Waals surface area contributed by atoms with Gasteiger partial charge in [-0.05, 0) is 19.1 Å². The Bertz CT molecular complexity index is 356. The third kappa shape index (κ3) is 1.99. The smallest absolute Gasteiger partial charge is 0.143 e. The maximum absolute atomic E-state index is 5.76. The van der Waals surface area contributed by atoms with E-state index in [-0.39, 0.29) is 0 Å². The Morgan fingerprint density at radius 3 is 3.06 bits per heavy atom. The van der Waals surface area contributed by atoms with E-state index >= 15 is 0 Å². The molecule has 1 heterocycles. The van der Waals surface area contributed by atoms with Crippen LogP contribution in [0.5, 0.6) is 5.75 Å². The number of thioether (sulfide) groups is 1. The molecule has 0 fully saturated rings. The molecule has 0 saturated heterocycles. The molecule has 0 spiro atoms. The fraction of sp³-hybridized carbons (Fsp3) is 0.500. The Morgan fingerprint density at radius 2 is 2.38 bits per heavy atom. The van der Waals surface area contributed by atoms with Gasteiger partial charge < -0.3 is 15.4 Å². The van der Waals surface area contributed by atoms with Crippen LogP contribution in [-0.2, 0) is 0 Å². The normalized spacial score (nSPS) is 16.8. The van der Waals surface area contributed by atoms with Crippen molar-refractivity contribution >= 4 is 17.4 Å². The minimum Gasteiger partial charge on any atom is -0.495 e. The lowest BCUT2D eigenvalue weighted by Gasteiger charge is -2.36. The van der Waals surface area contributed by atoms with Crippen molar-refractivity contribution in [3.05, 3.63) is 18.2 Å². The molecule has 0 aliphatic carbocycles. The molecular weight excluding hydrogens is 220 g/mol. The van der Waals surface area contributed by atoms with Gasteiger partial charge in [0, 0.05) is 29.8 Å². The number of nitrogens with zero attached hydrogens (tertiary/aromatic N) is 1. The Labute approximate surface area is 101 Å². The molecule has 1 aliphatic rings. The van der Waals surface area contributed by atoms with E-state index in [1.54, 1.807) is 7.11 Å². The SMILES string of the molecule is COc1cccc2c1N(C(C)CN)CCS2. The second-order valence-electron chi connectivity index (χ2n) is 3.93. The topological polar surface area (TPSA) is 38.5 Å². The Balaban J connectivity index is 2.42. The lowest BCUT2D eigenvalue weighted by molar-refractivity contribution is 0.411. The number of para-hydroxylation sites is 1. The third-order valence-corrected chi connectivity index (χ3v) is 3.96. The number of ether oxygens (including phenoxy) is 1. The standard InChI is InChI=1S/C12H18N2OS/c1-9(8-13)14-6-7-16-11-5-3-4-10(15-2)12(11)14/h3-5,9H,6-8,13H2,1-2H3. The van der Waals surface area contributed by atoms with Crippen LogP contribution in [0.1, 0.15) is 6.92 Å². The van der Waals surface area contributed by atoms with Gasteiger partial charge >= 0.3 is 0 Å². The molecule has 1 atom stereocenters. The highest BCUT2D eigenvalue weighted by Gasteiger charge is 2.24. The van der Waals surface area contributed by atoms with Crippen LogP contribution in [0.4, 0.5) is 5.69 Å². The second-order valence-corrected chi connectivity index (χ2v) is 5.07. The van der Waals surface area contributed by atoms with Crippen LogP contribution in [0.15, 0.2) is 23.1 Å². The molecule has 16 heavy (non-hydrogen) atoms. The zero-order valence-corrected chi connectivity index (χ0v) is 10.6. The van der Waals surface area contributed by atoms with Crippen LogP contribution >= 0.6 is 11.8 Å². The lowest BCUT2D eigenvalue weighted by Crippen LogP contribution is -2.41. The van der Waals surface area contributed by atoms with Gasteiger partial charge in [0.25, 0.3) is 0 Å². The zero-order chi connectivity index (χ0) is 11.5. The molecular formula is C12H18N2OS. The first-order chi connectivity index (χ1) is 7.77. The number of methoxy groups -OCH3 is 1. The van der Waals surface area contributed by atoms with E-state index in [4.69, 9.17) is 10.5 Å². The molecule has 1 unspecified atom stereocenters. The maximum atomic E-state index is 5.76. The zero-order valence-electron chi connectivity index (χ0n) is 9.77. The first-order valence-electron chi connectivity index (χ1n) is 5.54. The summed E-state index contributed by atoms with van der Waals surface area (Å²) in [5.74, 6) is 2.06. The number of fused-ring (bicyclic) bond motifs is 1. The van der Waals surface area contributed by atoms with Crippen LogP contribution in [0.25, 0.3) is 0 Å². The number of anilines is 1. The minimum absolute atomic E-state index is 0.357. The molecule has 88 valence electrons. The highest BCUT2D eigenvalue weighted by atomic mass is 32.2. The molecule has 3 nitrogen and oxygen atoms in total. The van der Waals surface area contributed by atoms with E-state index in [2.05, 4.69) is 17.9 Å². The van der Waals surface area contributed by atoms with Crippen molar-refractivity contribution in [2.45, 2.75) is 17.9 Å². The number of hydrogen-bond donors (Lipinski definition) is 1. The summed E-state index contributed by atoms with van der Waals surface area (Å²) in [7, 11) is 1.72. The Kier molecular flexibility index (Phi) is 3.61. The molecule has 0 radical (unpaired) electrons. The maximum Gasteiger partial charge on any atom is 0.143 e. The summed E-state index contributed by atoms with van der Waals surface area (Å²) < 4.78 is 5.44. The quantitative estimate of drug-likeness (QED) is 0.873. The van der Waals surface area contributed by atoms with E-state index in [0.717, 1.165) is 18.0 Å². The van der Waals surface area contributed by atoms with E-state index in [9.17, 15) is 0 Å². The minimum atomic E-state index is 0.357. The first-order valence-corrected chi connectivity index (χ1v) is 6.53. The summed E-state index contributed by atoms with van der Waals surface area (Å²) in [5.41, 5.74) is 6.97. The summed E-state index contributed by atoms with van der Waals surface area (Å²) in [6.07, 6.45) is 0. The average Bonchev–Trinajstić information content (AvgIpc) is 2.36. The fourth-order valence-corrected chi connectivity index (χ4v) is 3.04. The summed E-state index contributed by atoms with van der Waals surface area (Å²) >= 11 is 1.89. The Morgan fingerprint density at radius 1 is 1.56 bits per heavy atom. The molecule has 0 bridgehead atoms. The van der Waals surface area contributed by atoms with Crippen molar-refractivity contribution in [3.63, 3.8) is 0 Å². The molecule has 4 heteroatoms. The van der Waals surface area contributed by atoms with Gasteiger partial charge in [0.2, 0.25) is 0 Å². The van der Waals surface area contributed by atoms with Gasteiger partial charge in [-0.2, -0.15) is 0 Å². The van der Waals surface area contributed by atoms with Crippen LogP contribution in [0.2, 0.25) is 0 Å². The monoisotopic (exact) mass is 238 g/mol. The van der Waals surface area contributed by atoms with Gasteiger partial charge in [-0.3, -0.25) is 0 Å². The molecule has 0 amide bonds. The fourth-order valence-electron chi connectivity index (χ4n) is 2.00. The van der Waals surface area contributed by atoms with Gasteiger partial charge in [-0.1, -0.05) is 6.07 Å². The van der Waals surface area contributed by atoms with E-state index < -0.39 is 0 Å². The van der Waals surface area contributed by atoms with Gasteiger partial charge in [0.15, 0.2) is 0 Å². The summed E-state index contributed by atoms with van der Waals surface area (Å²) in [4.78, 5) is 3.65. The molecule has 0 aromatic heterocycles. The van der Waals surface area contributed by atoms with Crippen LogP contribution in [0, 0.1) is 0 Å². The molecule has 2 N–H and O–H groups in total. The number of rotatable bonds is 3. The predicted molar refractivity (Wildman–Crippen MR) is 69.6 cm³/mol. The number of benzene rings is 1. The van der Waals surface area contributed by atoms with Crippen molar-refractivity contribution in [2.24, 2.45) is 5.73 Å². The number of nitrogens with two attached hydrogens (primary N) is 1. The van der Waals surface area contributed by atoms with Crippen molar-refractivity contribution < 1.29 is 4.74 Å². The van der Waals surface area contributed by atoms with Gasteiger partial charge in [0.1, 0.15) is 5.75 Å². The molecule has 1 aromatic rings. The van der Waals surface area contributed by atoms with Gasteiger partial charge in [0.05, 0.1) is 12.8 Å². The van der Waals surface area contributed by atoms with Crippen LogP contribution < -0.4 is 15.4 Å². The van der Waals surface area contributed by atoms with Crippen molar-refractivity contribution in [2.75, 3.05) is 30.9 Å². The van der Waals surface area contributed by atoms with Crippen LogP contribution in [-0.4, -0.2) is 32.0 Å². The van der Waals surface area contributed by atoms with Crippen molar-refractivity contribution in [1.82, 2.24) is 0 Å². The summed E-state index contributed by atoms with van der Waals surface area (Å²) in [6.45, 7) is 3.87. The predicted octanol–water partition coefficient (Wildman–Crippen LogP) is 1.95. The van der Waals surface area contributed by atoms with E-state index in [0.29, 0.717) is 12.6 Å². The number of hydrogen-bond acceptors (Lipinski definition) is 4. The van der Waals surface area contributed by atoms with E-state index in [1.807, 2.05) is 23.9 Å². The third-order valence-electron chi connectivity index (χ3n) is 2.93. The van der Waals surface area contributed by atoms with E-state index in [1.165, 1.54) is 10.6 Å².